The minimum absolute atomic E-state index is 0.100. The molecule has 0 spiro atoms. The Hall–Kier alpha value is -4.07. The normalized spacial score (nSPS) is 14.4. The highest BCUT2D eigenvalue weighted by atomic mass is 19.1. The van der Waals surface area contributed by atoms with E-state index >= 15 is 0 Å². The molecule has 5 rings (SSSR count). The number of ether oxygens (including phenoxy) is 3. The van der Waals surface area contributed by atoms with Gasteiger partial charge in [-0.25, -0.2) is 4.39 Å². The van der Waals surface area contributed by atoms with Crippen LogP contribution in [-0.2, 0) is 11.3 Å². The van der Waals surface area contributed by atoms with Crippen LogP contribution in [0.4, 0.5) is 15.8 Å². The minimum atomic E-state index is -0.347. The summed E-state index contributed by atoms with van der Waals surface area (Å²) in [4.78, 5) is 27.0. The molecule has 7 nitrogen and oxygen atoms in total. The van der Waals surface area contributed by atoms with Gasteiger partial charge in [-0.15, -0.1) is 0 Å². The molecule has 162 valence electrons. The van der Waals surface area contributed by atoms with Crippen molar-refractivity contribution in [2.75, 3.05) is 30.0 Å². The van der Waals surface area contributed by atoms with Crippen LogP contribution in [0.15, 0.2) is 60.7 Å². The molecule has 32 heavy (non-hydrogen) atoms. The standard InChI is InChI=1S/C24H19FN2O5/c25-17-4-1-15(2-5-17)13-27-19-11-16(3-7-20(19)32-14-23(27)28)24(29)26-18-6-8-21-22(12-18)31-10-9-30-21/h1-8,11-12H,9-10,13-14H2,(H,26,29). The van der Waals surface area contributed by atoms with Gasteiger partial charge in [0.05, 0.1) is 12.2 Å². The van der Waals surface area contributed by atoms with Crippen molar-refractivity contribution in [2.45, 2.75) is 6.54 Å². The molecule has 2 heterocycles. The zero-order chi connectivity index (χ0) is 22.1. The van der Waals surface area contributed by atoms with Crippen LogP contribution in [0, 0.1) is 5.82 Å². The van der Waals surface area contributed by atoms with E-state index in [1.165, 1.54) is 17.0 Å². The van der Waals surface area contributed by atoms with Gasteiger partial charge < -0.3 is 24.4 Å². The molecule has 2 aliphatic rings. The van der Waals surface area contributed by atoms with E-state index in [2.05, 4.69) is 5.32 Å². The van der Waals surface area contributed by atoms with Gasteiger partial charge in [0, 0.05) is 17.3 Å². The maximum Gasteiger partial charge on any atom is 0.265 e. The summed E-state index contributed by atoms with van der Waals surface area (Å²) in [6.07, 6.45) is 0. The van der Waals surface area contributed by atoms with E-state index in [0.29, 0.717) is 47.4 Å². The molecule has 8 heteroatoms. The molecule has 0 unspecified atom stereocenters. The van der Waals surface area contributed by atoms with Gasteiger partial charge in [-0.1, -0.05) is 12.1 Å². The first kappa shape index (κ1) is 19.9. The summed E-state index contributed by atoms with van der Waals surface area (Å²) in [5, 5.41) is 2.84. The maximum absolute atomic E-state index is 13.2. The zero-order valence-corrected chi connectivity index (χ0v) is 17.0. The molecule has 0 atom stereocenters. The molecule has 0 radical (unpaired) electrons. The number of fused-ring (bicyclic) bond motifs is 2. The third-order valence-electron chi connectivity index (χ3n) is 5.22. The number of nitrogens with zero attached hydrogens (tertiary/aromatic N) is 1. The zero-order valence-electron chi connectivity index (χ0n) is 17.0. The Bertz CT molecular complexity index is 1200. The van der Waals surface area contributed by atoms with Crippen LogP contribution in [0.25, 0.3) is 0 Å². The van der Waals surface area contributed by atoms with Gasteiger partial charge in [0.1, 0.15) is 24.8 Å². The quantitative estimate of drug-likeness (QED) is 0.677. The topological polar surface area (TPSA) is 77.1 Å². The fourth-order valence-electron chi connectivity index (χ4n) is 3.61. The molecule has 0 saturated carbocycles. The van der Waals surface area contributed by atoms with Crippen molar-refractivity contribution in [3.63, 3.8) is 0 Å². The Kier molecular flexibility index (Phi) is 5.10. The van der Waals surface area contributed by atoms with Gasteiger partial charge >= 0.3 is 0 Å². The van der Waals surface area contributed by atoms with E-state index < -0.39 is 0 Å². The number of hydrogen-bond acceptors (Lipinski definition) is 5. The Morgan fingerprint density at radius 1 is 0.906 bits per heavy atom. The van der Waals surface area contributed by atoms with E-state index in [9.17, 15) is 14.0 Å². The average Bonchev–Trinajstić information content (AvgIpc) is 2.82. The van der Waals surface area contributed by atoms with Gasteiger partial charge in [0.15, 0.2) is 18.1 Å². The van der Waals surface area contributed by atoms with Gasteiger partial charge in [0.2, 0.25) is 0 Å². The maximum atomic E-state index is 13.2. The number of halogens is 1. The van der Waals surface area contributed by atoms with Crippen LogP contribution in [0.3, 0.4) is 0 Å². The van der Waals surface area contributed by atoms with Gasteiger partial charge in [-0.2, -0.15) is 0 Å². The molecule has 0 aliphatic carbocycles. The summed E-state index contributed by atoms with van der Waals surface area (Å²) < 4.78 is 29.8. The summed E-state index contributed by atoms with van der Waals surface area (Å²) in [5.74, 6) is 0.776. The van der Waals surface area contributed by atoms with Crippen molar-refractivity contribution in [1.82, 2.24) is 0 Å². The molecule has 0 fully saturated rings. The number of carbonyl (C=O) groups excluding carboxylic acids is 2. The largest absolute Gasteiger partial charge is 0.486 e. The molecular formula is C24H19FN2O5. The van der Waals surface area contributed by atoms with Crippen molar-refractivity contribution in [2.24, 2.45) is 0 Å². The number of nitrogens with one attached hydrogen (secondary N) is 1. The lowest BCUT2D eigenvalue weighted by atomic mass is 10.1. The summed E-state index contributed by atoms with van der Waals surface area (Å²) in [5.41, 5.74) is 2.17. The predicted molar refractivity (Wildman–Crippen MR) is 115 cm³/mol. The Morgan fingerprint density at radius 2 is 1.66 bits per heavy atom. The summed E-state index contributed by atoms with van der Waals surface area (Å²) in [6.45, 7) is 1.08. The number of hydrogen-bond donors (Lipinski definition) is 1. The molecule has 2 aliphatic heterocycles. The number of rotatable bonds is 4. The second-order valence-corrected chi connectivity index (χ2v) is 7.39. The fraction of sp³-hybridized carbons (Fsp3) is 0.167. The predicted octanol–water partition coefficient (Wildman–Crippen LogP) is 3.77. The molecule has 0 saturated heterocycles. The first-order chi connectivity index (χ1) is 15.6. The van der Waals surface area contributed by atoms with Crippen LogP contribution in [0.2, 0.25) is 0 Å². The van der Waals surface area contributed by atoms with Crippen LogP contribution in [0.1, 0.15) is 15.9 Å². The van der Waals surface area contributed by atoms with Crippen LogP contribution in [0.5, 0.6) is 17.2 Å². The van der Waals surface area contributed by atoms with E-state index in [4.69, 9.17) is 14.2 Å². The van der Waals surface area contributed by atoms with E-state index in [1.807, 2.05) is 0 Å². The highest BCUT2D eigenvalue weighted by Gasteiger charge is 2.27. The third-order valence-corrected chi connectivity index (χ3v) is 5.22. The van der Waals surface area contributed by atoms with Crippen molar-refractivity contribution >= 4 is 23.2 Å². The number of amides is 2. The number of benzene rings is 3. The minimum Gasteiger partial charge on any atom is -0.486 e. The van der Waals surface area contributed by atoms with E-state index in [1.54, 1.807) is 48.5 Å². The van der Waals surface area contributed by atoms with E-state index in [-0.39, 0.29) is 30.8 Å². The third kappa shape index (κ3) is 3.94. The summed E-state index contributed by atoms with van der Waals surface area (Å²) in [7, 11) is 0. The molecule has 3 aromatic carbocycles. The second kappa shape index (κ2) is 8.22. The van der Waals surface area contributed by atoms with Gasteiger partial charge in [-0.05, 0) is 48.0 Å². The highest BCUT2D eigenvalue weighted by Crippen LogP contribution is 2.35. The Balaban J connectivity index is 1.39. The monoisotopic (exact) mass is 434 g/mol. The van der Waals surface area contributed by atoms with Crippen molar-refractivity contribution in [3.8, 4) is 17.2 Å². The average molecular weight is 434 g/mol. The first-order valence-electron chi connectivity index (χ1n) is 10.1. The smallest absolute Gasteiger partial charge is 0.265 e. The van der Waals surface area contributed by atoms with Crippen molar-refractivity contribution < 1.29 is 28.2 Å². The number of carbonyl (C=O) groups is 2. The SMILES string of the molecule is O=C(Nc1ccc2c(c1)OCCO2)c1ccc2c(c1)N(Cc1ccc(F)cc1)C(=O)CO2. The first-order valence-corrected chi connectivity index (χ1v) is 10.1. The lowest BCUT2D eigenvalue weighted by molar-refractivity contribution is -0.121. The summed E-state index contributed by atoms with van der Waals surface area (Å²) in [6, 6.07) is 16.0. The fourth-order valence-corrected chi connectivity index (χ4v) is 3.61. The molecule has 0 bridgehead atoms. The molecule has 2 amide bonds. The lowest BCUT2D eigenvalue weighted by Gasteiger charge is -2.30. The molecule has 0 aromatic heterocycles. The van der Waals surface area contributed by atoms with Gasteiger partial charge in [-0.3, -0.25) is 9.59 Å². The van der Waals surface area contributed by atoms with Gasteiger partial charge in [0.25, 0.3) is 11.8 Å². The summed E-state index contributed by atoms with van der Waals surface area (Å²) >= 11 is 0. The van der Waals surface area contributed by atoms with Crippen molar-refractivity contribution in [3.05, 3.63) is 77.6 Å². The highest BCUT2D eigenvalue weighted by molar-refractivity contribution is 6.06. The Morgan fingerprint density at radius 3 is 2.47 bits per heavy atom. The van der Waals surface area contributed by atoms with Crippen molar-refractivity contribution in [1.29, 1.82) is 0 Å². The van der Waals surface area contributed by atoms with E-state index in [0.717, 1.165) is 5.56 Å². The molecule has 3 aromatic rings. The van der Waals surface area contributed by atoms with Crippen LogP contribution >= 0.6 is 0 Å². The van der Waals surface area contributed by atoms with Crippen LogP contribution in [-0.4, -0.2) is 31.6 Å². The molecular weight excluding hydrogens is 415 g/mol. The number of anilines is 2. The second-order valence-electron chi connectivity index (χ2n) is 7.39. The Labute approximate surface area is 183 Å². The lowest BCUT2D eigenvalue weighted by Crippen LogP contribution is -2.38. The van der Waals surface area contributed by atoms with Crippen LogP contribution < -0.4 is 24.4 Å². The molecule has 1 N–H and O–H groups in total.